The molecule has 4 rings (SSSR count). The molecule has 66 heavy (non-hydrogen) atoms. The predicted octanol–water partition coefficient (Wildman–Crippen LogP) is 5.68. The summed E-state index contributed by atoms with van der Waals surface area (Å²) in [5.74, 6) is -0.852. The van der Waals surface area contributed by atoms with Crippen LogP contribution in [0.3, 0.4) is 0 Å². The van der Waals surface area contributed by atoms with Crippen molar-refractivity contribution >= 4 is 23.2 Å². The highest BCUT2D eigenvalue weighted by Gasteiger charge is 2.30. The smallest absolute Gasteiger partial charge is 0.395 e. The van der Waals surface area contributed by atoms with Crippen LogP contribution in [0.1, 0.15) is 51.3 Å². The lowest BCUT2D eigenvalue weighted by Gasteiger charge is -2.23. The van der Waals surface area contributed by atoms with E-state index in [9.17, 15) is 22.8 Å². The van der Waals surface area contributed by atoms with Crippen molar-refractivity contribution in [2.24, 2.45) is 0 Å². The quantitative estimate of drug-likeness (QED) is 0.0431. The number of anilines is 2. The molecule has 1 aromatic heterocycles. The number of carbonyl (C=O) groups is 2. The Bertz CT molecular complexity index is 2020. The fraction of sp³-hybridized carbons (Fsp3) is 0.479. The fourth-order valence-corrected chi connectivity index (χ4v) is 6.60. The Hall–Kier alpha value is -5.02. The van der Waals surface area contributed by atoms with Gasteiger partial charge in [-0.25, -0.2) is 0 Å². The van der Waals surface area contributed by atoms with Crippen LogP contribution in [-0.4, -0.2) is 151 Å². The van der Waals surface area contributed by atoms with Crippen molar-refractivity contribution in [3.05, 3.63) is 113 Å². The molecular weight excluding hydrogens is 864 g/mol. The number of amides is 2. The number of rotatable bonds is 33. The lowest BCUT2D eigenvalue weighted by molar-refractivity contribution is -0.137. The van der Waals surface area contributed by atoms with Crippen LogP contribution < -0.4 is 15.5 Å². The lowest BCUT2D eigenvalue weighted by atomic mass is 10.0. The van der Waals surface area contributed by atoms with Gasteiger partial charge in [-0.05, 0) is 79.6 Å². The summed E-state index contributed by atoms with van der Waals surface area (Å²) in [6.45, 7) is 12.1. The van der Waals surface area contributed by atoms with E-state index >= 15 is 0 Å². The molecule has 0 radical (unpaired) electrons. The van der Waals surface area contributed by atoms with Crippen molar-refractivity contribution in [3.8, 4) is 11.3 Å². The highest BCUT2D eigenvalue weighted by atomic mass is 19.4. The van der Waals surface area contributed by atoms with Gasteiger partial charge >= 0.3 is 6.18 Å². The van der Waals surface area contributed by atoms with Crippen LogP contribution in [0.4, 0.5) is 24.5 Å². The number of benzene rings is 3. The fourth-order valence-electron chi connectivity index (χ4n) is 6.60. The maximum atomic E-state index is 13.7. The standard InChI is InChI=1S/C48H64F3N5O10/c1-3-56(4-2)42-11-12-44(43(34-42)45-33-40(13-14-52-45)46(59)53-35-37-7-6-10-41(32-37)48(49,50)51)54-47(60)39-9-5-8-38(31-39)36-66-30-29-65-28-27-64-26-25-63-24-23-62-22-21-61-20-17-55(15-18-57)16-19-58/h5-14,31-34,57-58H,3-4,15-30,35-36H2,1-2H3,(H,53,59)(H,54,60). The van der Waals surface area contributed by atoms with E-state index < -0.39 is 17.6 Å². The average molecular weight is 928 g/mol. The van der Waals surface area contributed by atoms with Crippen LogP contribution in [0.5, 0.6) is 0 Å². The Kier molecular flexibility index (Phi) is 24.6. The Labute approximate surface area is 385 Å². The van der Waals surface area contributed by atoms with E-state index in [-0.39, 0.29) is 37.8 Å². The van der Waals surface area contributed by atoms with Gasteiger partial charge in [0, 0.05) is 67.8 Å². The largest absolute Gasteiger partial charge is 0.416 e. The number of pyridine rings is 1. The van der Waals surface area contributed by atoms with Gasteiger partial charge in [0.2, 0.25) is 0 Å². The van der Waals surface area contributed by atoms with E-state index in [4.69, 9.17) is 38.6 Å². The molecule has 1 heterocycles. The molecule has 0 saturated carbocycles. The normalized spacial score (nSPS) is 11.6. The van der Waals surface area contributed by atoms with Crippen molar-refractivity contribution in [3.63, 3.8) is 0 Å². The zero-order valence-electron chi connectivity index (χ0n) is 37.9. The van der Waals surface area contributed by atoms with Gasteiger partial charge < -0.3 is 54.2 Å². The number of nitrogens with one attached hydrogen (secondary N) is 2. The highest BCUT2D eigenvalue weighted by Crippen LogP contribution is 2.33. The van der Waals surface area contributed by atoms with Crippen LogP contribution in [0, 0.1) is 0 Å². The number of hydrogen-bond acceptors (Lipinski definition) is 13. The van der Waals surface area contributed by atoms with Crippen LogP contribution in [0.25, 0.3) is 11.3 Å². The minimum Gasteiger partial charge on any atom is -0.395 e. The van der Waals surface area contributed by atoms with E-state index in [0.717, 1.165) is 36.5 Å². The highest BCUT2D eigenvalue weighted by molar-refractivity contribution is 6.06. The summed E-state index contributed by atoms with van der Waals surface area (Å²) in [6, 6.07) is 20.6. The molecule has 0 saturated heterocycles. The summed E-state index contributed by atoms with van der Waals surface area (Å²) in [4.78, 5) is 35.5. The average Bonchev–Trinajstić information content (AvgIpc) is 3.32. The molecule has 4 N–H and O–H groups in total. The first-order chi connectivity index (χ1) is 32.1. The van der Waals surface area contributed by atoms with Crippen LogP contribution >= 0.6 is 0 Å². The number of aromatic nitrogens is 1. The van der Waals surface area contributed by atoms with Gasteiger partial charge in [-0.15, -0.1) is 0 Å². The first kappa shape index (κ1) is 53.6. The molecule has 362 valence electrons. The molecule has 0 fully saturated rings. The summed E-state index contributed by atoms with van der Waals surface area (Å²) in [7, 11) is 0. The molecule has 0 bridgehead atoms. The molecule has 2 amide bonds. The van der Waals surface area contributed by atoms with E-state index in [1.165, 1.54) is 24.4 Å². The molecule has 3 aromatic carbocycles. The first-order valence-corrected chi connectivity index (χ1v) is 22.2. The number of aliphatic hydroxyl groups is 2. The number of halogens is 3. The zero-order chi connectivity index (χ0) is 47.4. The van der Waals surface area contributed by atoms with E-state index in [1.54, 1.807) is 30.3 Å². The Morgan fingerprint density at radius 2 is 1.21 bits per heavy atom. The third-order valence-corrected chi connectivity index (χ3v) is 10.1. The van der Waals surface area contributed by atoms with Gasteiger partial charge in [0.15, 0.2) is 0 Å². The summed E-state index contributed by atoms with van der Waals surface area (Å²) >= 11 is 0. The monoisotopic (exact) mass is 927 g/mol. The molecule has 0 aliphatic rings. The van der Waals surface area contributed by atoms with Gasteiger partial charge in [0.05, 0.1) is 109 Å². The number of nitrogens with zero attached hydrogens (tertiary/aromatic N) is 3. The van der Waals surface area contributed by atoms with Crippen LogP contribution in [0.2, 0.25) is 0 Å². The summed E-state index contributed by atoms with van der Waals surface area (Å²) in [5.41, 5.74) is 3.33. The Balaban J connectivity index is 1.17. The van der Waals surface area contributed by atoms with E-state index in [0.29, 0.717) is 120 Å². The second-order valence-corrected chi connectivity index (χ2v) is 14.8. The molecule has 0 spiro atoms. The van der Waals surface area contributed by atoms with Crippen LogP contribution in [-0.2, 0) is 47.7 Å². The number of hydrogen-bond donors (Lipinski definition) is 4. The van der Waals surface area contributed by atoms with Crippen molar-refractivity contribution in [1.29, 1.82) is 0 Å². The Morgan fingerprint density at radius 1 is 0.636 bits per heavy atom. The molecule has 0 atom stereocenters. The van der Waals surface area contributed by atoms with Crippen molar-refractivity contribution in [2.75, 3.05) is 129 Å². The van der Waals surface area contributed by atoms with Gasteiger partial charge in [-0.2, -0.15) is 13.2 Å². The SMILES string of the molecule is CCN(CC)c1ccc(NC(=O)c2cccc(COCCOCCOCCOCCOCCOCCN(CCO)CCO)c2)c(-c2cc(C(=O)NCc3cccc(C(F)(F)F)c3)ccn2)c1. The lowest BCUT2D eigenvalue weighted by Crippen LogP contribution is -2.33. The molecule has 4 aromatic rings. The molecule has 0 aliphatic heterocycles. The maximum Gasteiger partial charge on any atom is 0.416 e. The molecular formula is C48H64F3N5O10. The molecule has 0 unspecified atom stereocenters. The topological polar surface area (TPSA) is 173 Å². The molecule has 15 nitrogen and oxygen atoms in total. The Morgan fingerprint density at radius 3 is 1.82 bits per heavy atom. The third kappa shape index (κ3) is 19.4. The predicted molar refractivity (Wildman–Crippen MR) is 245 cm³/mol. The number of alkyl halides is 3. The minimum absolute atomic E-state index is 0.0412. The van der Waals surface area contributed by atoms with Crippen molar-refractivity contribution in [2.45, 2.75) is 33.2 Å². The van der Waals surface area contributed by atoms with E-state index in [1.807, 2.05) is 36.9 Å². The third-order valence-electron chi connectivity index (χ3n) is 10.1. The first-order valence-electron chi connectivity index (χ1n) is 22.2. The van der Waals surface area contributed by atoms with Crippen molar-refractivity contribution in [1.82, 2.24) is 15.2 Å². The van der Waals surface area contributed by atoms with Gasteiger partial charge in [0.1, 0.15) is 0 Å². The second-order valence-electron chi connectivity index (χ2n) is 14.8. The summed E-state index contributed by atoms with van der Waals surface area (Å²) in [5, 5.41) is 23.8. The van der Waals surface area contributed by atoms with E-state index in [2.05, 4.69) is 20.5 Å². The second kappa shape index (κ2) is 30.3. The zero-order valence-corrected chi connectivity index (χ0v) is 37.9. The number of carbonyl (C=O) groups excluding carboxylic acids is 2. The molecule has 0 aliphatic carbocycles. The minimum atomic E-state index is -4.50. The maximum absolute atomic E-state index is 13.7. The van der Waals surface area contributed by atoms with Gasteiger partial charge in [0.25, 0.3) is 11.8 Å². The molecule has 18 heteroatoms. The summed E-state index contributed by atoms with van der Waals surface area (Å²) in [6.07, 6.45) is -3.02. The number of aliphatic hydroxyl groups excluding tert-OH is 2. The summed E-state index contributed by atoms with van der Waals surface area (Å²) < 4.78 is 73.2. The van der Waals surface area contributed by atoms with Crippen molar-refractivity contribution < 1.29 is 61.4 Å². The van der Waals surface area contributed by atoms with Crippen LogP contribution in [0.15, 0.2) is 85.1 Å². The van der Waals surface area contributed by atoms with Gasteiger partial charge in [-0.3, -0.25) is 19.5 Å². The van der Waals surface area contributed by atoms with Gasteiger partial charge in [-0.1, -0.05) is 24.3 Å². The number of ether oxygens (including phenoxy) is 6.